The van der Waals surface area contributed by atoms with Crippen molar-refractivity contribution in [2.75, 3.05) is 26.4 Å². The quantitative estimate of drug-likeness (QED) is 0.607. The number of carbonyl (C=O) groups is 2. The highest BCUT2D eigenvalue weighted by Crippen LogP contribution is 2.13. The van der Waals surface area contributed by atoms with Gasteiger partial charge in [-0.25, -0.2) is 17.9 Å². The van der Waals surface area contributed by atoms with Crippen molar-refractivity contribution < 1.29 is 18.0 Å². The van der Waals surface area contributed by atoms with E-state index in [0.717, 1.165) is 6.26 Å². The predicted octanol–water partition coefficient (Wildman–Crippen LogP) is -1.16. The van der Waals surface area contributed by atoms with Crippen LogP contribution < -0.4 is 15.4 Å². The molecule has 1 saturated heterocycles. The highest BCUT2D eigenvalue weighted by Gasteiger charge is 2.28. The summed E-state index contributed by atoms with van der Waals surface area (Å²) >= 11 is 0. The average Bonchev–Trinajstić information content (AvgIpc) is 2.36. The summed E-state index contributed by atoms with van der Waals surface area (Å²) in [6, 6.07) is -1.04. The molecule has 20 heavy (non-hydrogen) atoms. The molecule has 8 nitrogen and oxygen atoms in total. The van der Waals surface area contributed by atoms with Crippen molar-refractivity contribution in [3.05, 3.63) is 0 Å². The molecule has 1 heterocycles. The second kappa shape index (κ2) is 7.00. The number of sulfonamides is 1. The molecule has 0 unspecified atom stereocenters. The molecule has 0 aromatic carbocycles. The van der Waals surface area contributed by atoms with Gasteiger partial charge in [0, 0.05) is 26.2 Å². The topological polar surface area (TPSA) is 108 Å². The largest absolute Gasteiger partial charge is 0.341 e. The second-order valence-corrected chi connectivity index (χ2v) is 6.72. The number of carbonyl (C=O) groups excluding carboxylic acids is 2. The van der Waals surface area contributed by atoms with Crippen molar-refractivity contribution in [2.45, 2.75) is 31.8 Å². The predicted molar refractivity (Wildman–Crippen MR) is 74.6 cm³/mol. The molecule has 1 aliphatic rings. The van der Waals surface area contributed by atoms with E-state index in [0.29, 0.717) is 25.9 Å². The molecule has 0 aromatic rings. The van der Waals surface area contributed by atoms with Gasteiger partial charge in [-0.05, 0) is 19.8 Å². The normalized spacial score (nSPS) is 19.4. The molecule has 0 bridgehead atoms. The Labute approximate surface area is 119 Å². The maximum Gasteiger partial charge on any atom is 0.321 e. The van der Waals surface area contributed by atoms with E-state index in [9.17, 15) is 18.0 Å². The van der Waals surface area contributed by atoms with Gasteiger partial charge < -0.3 is 5.32 Å². The number of hydrogen-bond acceptors (Lipinski definition) is 5. The first kappa shape index (κ1) is 16.9. The molecule has 0 radical (unpaired) electrons. The Bertz CT molecular complexity index is 457. The average molecular weight is 306 g/mol. The third kappa shape index (κ3) is 5.43. The lowest BCUT2D eigenvalue weighted by molar-refractivity contribution is -0.125. The molecular weight excluding hydrogens is 284 g/mol. The van der Waals surface area contributed by atoms with Crippen LogP contribution in [0.5, 0.6) is 0 Å². The summed E-state index contributed by atoms with van der Waals surface area (Å²) in [4.78, 5) is 24.8. The van der Waals surface area contributed by atoms with E-state index in [4.69, 9.17) is 0 Å². The first-order valence-corrected chi connectivity index (χ1v) is 8.36. The van der Waals surface area contributed by atoms with E-state index in [1.54, 1.807) is 6.92 Å². The summed E-state index contributed by atoms with van der Waals surface area (Å²) in [5.41, 5.74) is 0. The lowest BCUT2D eigenvalue weighted by Crippen LogP contribution is -2.53. The van der Waals surface area contributed by atoms with Crippen LogP contribution in [0.2, 0.25) is 0 Å². The Kier molecular flexibility index (Phi) is 5.90. The summed E-state index contributed by atoms with van der Waals surface area (Å²) in [5.74, 6) is -0.362. The zero-order chi connectivity index (χ0) is 15.3. The fourth-order valence-electron chi connectivity index (χ4n) is 2.15. The highest BCUT2D eigenvalue weighted by molar-refractivity contribution is 7.88. The van der Waals surface area contributed by atoms with Crippen LogP contribution in [-0.4, -0.2) is 63.7 Å². The number of rotatable bonds is 4. The molecule has 9 heteroatoms. The summed E-state index contributed by atoms with van der Waals surface area (Å²) in [6.45, 7) is 2.94. The Morgan fingerprint density at radius 1 is 1.25 bits per heavy atom. The number of likely N-dealkylation sites (tertiary alicyclic amines) is 1. The number of hydrogen-bond donors (Lipinski definition) is 3. The van der Waals surface area contributed by atoms with Crippen LogP contribution in [0.4, 0.5) is 4.79 Å². The zero-order valence-electron chi connectivity index (χ0n) is 12.0. The number of nitrogens with one attached hydrogen (secondary N) is 3. The zero-order valence-corrected chi connectivity index (χ0v) is 12.8. The van der Waals surface area contributed by atoms with Gasteiger partial charge in [-0.2, -0.15) is 0 Å². The fourth-order valence-corrected chi connectivity index (χ4v) is 2.99. The van der Waals surface area contributed by atoms with Crippen LogP contribution >= 0.6 is 0 Å². The van der Waals surface area contributed by atoms with Gasteiger partial charge in [0.2, 0.25) is 15.9 Å². The van der Waals surface area contributed by atoms with Gasteiger partial charge in [0.25, 0.3) is 0 Å². The Morgan fingerprint density at radius 2 is 1.80 bits per heavy atom. The van der Waals surface area contributed by atoms with Gasteiger partial charge in [0.05, 0.1) is 12.3 Å². The molecule has 1 fully saturated rings. The number of nitrogens with zero attached hydrogens (tertiary/aromatic N) is 1. The van der Waals surface area contributed by atoms with Crippen molar-refractivity contribution in [2.24, 2.45) is 0 Å². The van der Waals surface area contributed by atoms with Crippen LogP contribution in [-0.2, 0) is 14.8 Å². The minimum atomic E-state index is -3.20. The maximum atomic E-state index is 11.8. The monoisotopic (exact) mass is 306 g/mol. The number of amides is 3. The van der Waals surface area contributed by atoms with Crippen molar-refractivity contribution in [1.29, 1.82) is 0 Å². The Hall–Kier alpha value is -1.19. The minimum absolute atomic E-state index is 0.0875. The molecule has 0 aliphatic carbocycles. The van der Waals surface area contributed by atoms with Crippen LogP contribution in [0.3, 0.4) is 0 Å². The molecule has 1 rings (SSSR count). The number of piperidine rings is 1. The van der Waals surface area contributed by atoms with E-state index < -0.39 is 22.1 Å². The van der Waals surface area contributed by atoms with Gasteiger partial charge in [0.15, 0.2) is 0 Å². The van der Waals surface area contributed by atoms with Gasteiger partial charge in [0.1, 0.15) is 0 Å². The first-order chi connectivity index (χ1) is 9.23. The van der Waals surface area contributed by atoms with Crippen molar-refractivity contribution in [3.63, 3.8) is 0 Å². The molecule has 0 saturated carbocycles. The third-order valence-electron chi connectivity index (χ3n) is 3.30. The van der Waals surface area contributed by atoms with Crippen LogP contribution in [0.1, 0.15) is 19.8 Å². The smallest absolute Gasteiger partial charge is 0.321 e. The van der Waals surface area contributed by atoms with Gasteiger partial charge in [-0.1, -0.05) is 0 Å². The van der Waals surface area contributed by atoms with Gasteiger partial charge in [-0.15, -0.1) is 0 Å². The molecular formula is C11H22N4O4S. The molecule has 116 valence electrons. The lowest BCUT2D eigenvalue weighted by atomic mass is 10.0. The first-order valence-electron chi connectivity index (χ1n) is 6.47. The van der Waals surface area contributed by atoms with E-state index in [1.807, 2.05) is 4.90 Å². The van der Waals surface area contributed by atoms with Gasteiger partial charge in [-0.3, -0.25) is 15.0 Å². The summed E-state index contributed by atoms with van der Waals surface area (Å²) < 4.78 is 24.9. The summed E-state index contributed by atoms with van der Waals surface area (Å²) in [7, 11) is -1.76. The number of imide groups is 1. The molecule has 3 amide bonds. The van der Waals surface area contributed by atoms with Crippen molar-refractivity contribution in [3.8, 4) is 0 Å². The molecule has 0 aromatic heterocycles. The van der Waals surface area contributed by atoms with Crippen LogP contribution in [0.25, 0.3) is 0 Å². The fraction of sp³-hybridized carbons (Fsp3) is 0.818. The molecule has 3 N–H and O–H groups in total. The van der Waals surface area contributed by atoms with Crippen LogP contribution in [0, 0.1) is 0 Å². The highest BCUT2D eigenvalue weighted by atomic mass is 32.2. The Morgan fingerprint density at radius 3 is 2.25 bits per heavy atom. The van der Waals surface area contributed by atoms with E-state index in [2.05, 4.69) is 15.4 Å². The van der Waals surface area contributed by atoms with E-state index in [1.165, 1.54) is 7.05 Å². The van der Waals surface area contributed by atoms with E-state index in [-0.39, 0.29) is 11.9 Å². The summed E-state index contributed by atoms with van der Waals surface area (Å²) in [6.07, 6.45) is 2.42. The van der Waals surface area contributed by atoms with E-state index >= 15 is 0 Å². The minimum Gasteiger partial charge on any atom is -0.341 e. The molecule has 1 atom stereocenters. The third-order valence-corrected chi connectivity index (χ3v) is 4.06. The molecule has 1 aliphatic heterocycles. The lowest BCUT2D eigenvalue weighted by Gasteiger charge is -2.35. The second-order valence-electron chi connectivity index (χ2n) is 4.94. The maximum absolute atomic E-state index is 11.8. The van der Waals surface area contributed by atoms with Gasteiger partial charge >= 0.3 is 6.03 Å². The summed E-state index contributed by atoms with van der Waals surface area (Å²) in [5, 5.41) is 4.55. The standard InChI is InChI=1S/C11H22N4O4S/c1-8(10(16)13-11(17)12-2)15-6-4-9(5-7-15)14-20(3,18)19/h8-9,14H,4-7H2,1-3H3,(H2,12,13,16,17)/t8-/m1/s1. The van der Waals surface area contributed by atoms with Crippen LogP contribution in [0.15, 0.2) is 0 Å². The molecule has 0 spiro atoms. The van der Waals surface area contributed by atoms with Crippen molar-refractivity contribution >= 4 is 22.0 Å². The van der Waals surface area contributed by atoms with Crippen molar-refractivity contribution in [1.82, 2.24) is 20.3 Å². The Balaban J connectivity index is 2.44. The number of urea groups is 1. The SMILES string of the molecule is CNC(=O)NC(=O)[C@@H](C)N1CCC(NS(C)(=O)=O)CC1.